The number of benzene rings is 1. The summed E-state index contributed by atoms with van der Waals surface area (Å²) < 4.78 is 9.63. The molecule has 0 saturated carbocycles. The van der Waals surface area contributed by atoms with Crippen LogP contribution in [-0.4, -0.2) is 48.9 Å². The van der Waals surface area contributed by atoms with Crippen molar-refractivity contribution >= 4 is 29.2 Å². The predicted molar refractivity (Wildman–Crippen MR) is 79.9 cm³/mol. The van der Waals surface area contributed by atoms with Crippen molar-refractivity contribution in [2.45, 2.75) is 6.04 Å². The highest BCUT2D eigenvalue weighted by molar-refractivity contribution is 6.46. The zero-order valence-electron chi connectivity index (χ0n) is 12.7. The molecule has 0 aromatic heterocycles. The summed E-state index contributed by atoms with van der Waals surface area (Å²) in [5.74, 6) is -3.09. The van der Waals surface area contributed by atoms with Crippen molar-refractivity contribution in [3.8, 4) is 5.75 Å². The van der Waals surface area contributed by atoms with Gasteiger partial charge >= 0.3 is 5.97 Å². The first-order valence-corrected chi connectivity index (χ1v) is 6.84. The maximum Gasteiger partial charge on any atom is 0.355 e. The molecule has 2 atom stereocenters. The second-order valence-corrected chi connectivity index (χ2v) is 5.01. The number of anilines is 1. The van der Waals surface area contributed by atoms with Crippen LogP contribution in [0, 0.1) is 10.8 Å². The van der Waals surface area contributed by atoms with E-state index in [0.29, 0.717) is 10.9 Å². The van der Waals surface area contributed by atoms with Gasteiger partial charge in [-0.3, -0.25) is 9.59 Å². The standard InChI is InChI=1S/C14H12N4O6/c1-23-8-5-3-4-7(6-8)17-12(19)9-10(14(21)24-2)15-18(16-22)11(9)13(17)20/h3-6,9,11H,1-2H3. The van der Waals surface area contributed by atoms with Crippen LogP contribution in [0.5, 0.6) is 5.75 Å². The molecule has 2 aliphatic heterocycles. The number of hydrogen-bond acceptors (Lipinski definition) is 8. The van der Waals surface area contributed by atoms with Gasteiger partial charge in [0.15, 0.2) is 11.8 Å². The summed E-state index contributed by atoms with van der Waals surface area (Å²) in [7, 11) is 2.56. The Morgan fingerprint density at radius 3 is 2.62 bits per heavy atom. The number of esters is 1. The average Bonchev–Trinajstić information content (AvgIpc) is 3.11. The summed E-state index contributed by atoms with van der Waals surface area (Å²) in [5, 5.41) is 6.76. The van der Waals surface area contributed by atoms with E-state index in [1.165, 1.54) is 19.2 Å². The van der Waals surface area contributed by atoms with Gasteiger partial charge in [-0.1, -0.05) is 6.07 Å². The van der Waals surface area contributed by atoms with Gasteiger partial charge in [0, 0.05) is 6.07 Å². The molecule has 2 heterocycles. The van der Waals surface area contributed by atoms with Crippen molar-refractivity contribution in [3.63, 3.8) is 0 Å². The van der Waals surface area contributed by atoms with Crippen LogP contribution in [0.15, 0.2) is 34.7 Å². The summed E-state index contributed by atoms with van der Waals surface area (Å²) >= 11 is 0. The van der Waals surface area contributed by atoms with E-state index in [9.17, 15) is 19.3 Å². The third-order valence-electron chi connectivity index (χ3n) is 3.82. The summed E-state index contributed by atoms with van der Waals surface area (Å²) in [6.45, 7) is 0. The normalized spacial score (nSPS) is 22.3. The smallest absolute Gasteiger partial charge is 0.355 e. The number of amides is 2. The minimum absolute atomic E-state index is 0.258. The molecule has 24 heavy (non-hydrogen) atoms. The van der Waals surface area contributed by atoms with Gasteiger partial charge in [-0.05, 0) is 12.1 Å². The lowest BCUT2D eigenvalue weighted by Crippen LogP contribution is -2.36. The van der Waals surface area contributed by atoms with Crippen molar-refractivity contribution in [2.24, 2.45) is 16.3 Å². The van der Waals surface area contributed by atoms with Crippen LogP contribution in [0.25, 0.3) is 0 Å². The molecule has 124 valence electrons. The third kappa shape index (κ3) is 2.11. The van der Waals surface area contributed by atoms with Gasteiger partial charge in [-0.2, -0.15) is 0 Å². The van der Waals surface area contributed by atoms with Gasteiger partial charge in [0.05, 0.1) is 25.2 Å². The number of fused-ring (bicyclic) bond motifs is 1. The number of imide groups is 1. The lowest BCUT2D eigenvalue weighted by molar-refractivity contribution is -0.133. The molecule has 0 bridgehead atoms. The van der Waals surface area contributed by atoms with Crippen LogP contribution in [0.3, 0.4) is 0 Å². The molecule has 1 aromatic rings. The van der Waals surface area contributed by atoms with E-state index >= 15 is 0 Å². The SMILES string of the molecule is COC(=O)C1=NN(N=O)C2C(=O)N(c3cccc(OC)c3)C(=O)C12. The highest BCUT2D eigenvalue weighted by Gasteiger charge is 2.59. The first-order chi connectivity index (χ1) is 11.5. The van der Waals surface area contributed by atoms with Crippen LogP contribution >= 0.6 is 0 Å². The van der Waals surface area contributed by atoms with E-state index in [0.717, 1.165) is 12.0 Å². The maximum atomic E-state index is 12.7. The number of methoxy groups -OCH3 is 2. The molecule has 3 rings (SSSR count). The quantitative estimate of drug-likeness (QED) is 0.435. The Labute approximate surface area is 135 Å². The highest BCUT2D eigenvalue weighted by Crippen LogP contribution is 2.36. The lowest BCUT2D eigenvalue weighted by atomic mass is 9.98. The first kappa shape index (κ1) is 15.6. The van der Waals surface area contributed by atoms with Crippen molar-refractivity contribution in [2.75, 3.05) is 19.1 Å². The molecule has 0 N–H and O–H groups in total. The van der Waals surface area contributed by atoms with E-state index in [1.54, 1.807) is 12.1 Å². The fourth-order valence-electron chi connectivity index (χ4n) is 2.74. The number of ether oxygens (including phenoxy) is 2. The van der Waals surface area contributed by atoms with E-state index in [-0.39, 0.29) is 11.4 Å². The molecular weight excluding hydrogens is 320 g/mol. The molecule has 2 aliphatic rings. The van der Waals surface area contributed by atoms with E-state index < -0.39 is 29.7 Å². The minimum atomic E-state index is -1.30. The van der Waals surface area contributed by atoms with Crippen LogP contribution in [0.1, 0.15) is 0 Å². The van der Waals surface area contributed by atoms with Crippen LogP contribution in [0.2, 0.25) is 0 Å². The van der Waals surface area contributed by atoms with Crippen molar-refractivity contribution in [1.29, 1.82) is 0 Å². The zero-order chi connectivity index (χ0) is 17.4. The Balaban J connectivity index is 2.03. The summed E-state index contributed by atoms with van der Waals surface area (Å²) in [4.78, 5) is 48.9. The number of carbonyl (C=O) groups excluding carboxylic acids is 3. The Bertz CT molecular complexity index is 776. The van der Waals surface area contributed by atoms with Crippen LogP contribution < -0.4 is 9.64 Å². The number of carbonyl (C=O) groups is 3. The summed E-state index contributed by atoms with van der Waals surface area (Å²) in [6.07, 6.45) is 0. The van der Waals surface area contributed by atoms with Gasteiger partial charge in [-0.25, -0.2) is 9.69 Å². The molecule has 1 aromatic carbocycles. The molecular formula is C14H12N4O6. The molecule has 0 aliphatic carbocycles. The Hall–Kier alpha value is -3.30. The largest absolute Gasteiger partial charge is 0.497 e. The molecule has 10 nitrogen and oxygen atoms in total. The Kier molecular flexibility index (Phi) is 3.72. The molecule has 2 amide bonds. The highest BCUT2D eigenvalue weighted by atomic mass is 16.5. The van der Waals surface area contributed by atoms with Gasteiger partial charge in [-0.15, -0.1) is 15.1 Å². The van der Waals surface area contributed by atoms with E-state index in [2.05, 4.69) is 15.1 Å². The third-order valence-corrected chi connectivity index (χ3v) is 3.82. The fraction of sp³-hybridized carbons (Fsp3) is 0.286. The summed E-state index contributed by atoms with van der Waals surface area (Å²) in [6, 6.07) is 4.98. The second kappa shape index (κ2) is 5.72. The van der Waals surface area contributed by atoms with Crippen molar-refractivity contribution < 1.29 is 23.9 Å². The monoisotopic (exact) mass is 332 g/mol. The van der Waals surface area contributed by atoms with Crippen LogP contribution in [0.4, 0.5) is 5.69 Å². The first-order valence-electron chi connectivity index (χ1n) is 6.84. The predicted octanol–water partition coefficient (Wildman–Crippen LogP) is 0.0792. The lowest BCUT2D eigenvalue weighted by Gasteiger charge is -2.17. The maximum absolute atomic E-state index is 12.7. The number of hydrazone groups is 1. The van der Waals surface area contributed by atoms with Crippen LogP contribution in [-0.2, 0) is 19.1 Å². The fourth-order valence-corrected chi connectivity index (χ4v) is 2.74. The number of hydrogen-bond donors (Lipinski definition) is 0. The Morgan fingerprint density at radius 1 is 1.25 bits per heavy atom. The summed E-state index contributed by atoms with van der Waals surface area (Å²) in [5.41, 5.74) is -0.0698. The van der Waals surface area contributed by atoms with E-state index in [1.807, 2.05) is 0 Å². The molecule has 0 spiro atoms. The molecule has 10 heteroatoms. The van der Waals surface area contributed by atoms with Crippen molar-refractivity contribution in [1.82, 2.24) is 5.12 Å². The molecule has 0 radical (unpaired) electrons. The topological polar surface area (TPSA) is 118 Å². The average molecular weight is 332 g/mol. The van der Waals surface area contributed by atoms with E-state index in [4.69, 9.17) is 4.74 Å². The number of nitrogens with zero attached hydrogens (tertiary/aromatic N) is 4. The number of nitroso groups, excluding NO2 is 1. The molecule has 2 unspecified atom stereocenters. The zero-order valence-corrected chi connectivity index (χ0v) is 12.7. The minimum Gasteiger partial charge on any atom is -0.497 e. The Morgan fingerprint density at radius 2 is 2.00 bits per heavy atom. The molecule has 1 fully saturated rings. The van der Waals surface area contributed by atoms with Gasteiger partial charge in [0.25, 0.3) is 5.91 Å². The van der Waals surface area contributed by atoms with Gasteiger partial charge in [0.2, 0.25) is 5.91 Å². The number of rotatable bonds is 4. The second-order valence-electron chi connectivity index (χ2n) is 5.01. The van der Waals surface area contributed by atoms with Crippen molar-refractivity contribution in [3.05, 3.63) is 29.2 Å². The molecule has 1 saturated heterocycles. The van der Waals surface area contributed by atoms with Gasteiger partial charge < -0.3 is 9.47 Å². The van der Waals surface area contributed by atoms with Gasteiger partial charge in [0.1, 0.15) is 11.7 Å².